The van der Waals surface area contributed by atoms with Gasteiger partial charge < -0.3 is 13.9 Å². The number of piperidine rings is 1. The maximum atomic E-state index is 13.1. The average Bonchev–Trinajstić information content (AvgIpc) is 3.09. The Balaban J connectivity index is 0.00000289. The zero-order chi connectivity index (χ0) is 24.4. The maximum Gasteiger partial charge on any atom is 0.310 e. The van der Waals surface area contributed by atoms with Crippen molar-refractivity contribution < 1.29 is 23.8 Å². The third-order valence-corrected chi connectivity index (χ3v) is 8.84. The highest BCUT2D eigenvalue weighted by Crippen LogP contribution is 3.02. The smallest absolute Gasteiger partial charge is 0.310 e. The number of halogens is 6. The normalized spacial score (nSPS) is 23.9. The number of likely N-dealkylation sites (tertiary alicyclic amines) is 1. The van der Waals surface area contributed by atoms with Crippen molar-refractivity contribution in [3.63, 3.8) is 0 Å². The van der Waals surface area contributed by atoms with Gasteiger partial charge in [0.05, 0.1) is 5.69 Å². The van der Waals surface area contributed by atoms with Crippen LogP contribution in [-0.2, 0) is 7.05 Å². The summed E-state index contributed by atoms with van der Waals surface area (Å²) in [6.45, 7) is 4.26. The molecule has 3 atom stereocenters. The lowest BCUT2D eigenvalue weighted by Gasteiger charge is -2.40. The second-order valence-electron chi connectivity index (χ2n) is 8.99. The number of aryl methyl sites for hydroxylation is 1. The molecule has 0 bridgehead atoms. The fourth-order valence-corrected chi connectivity index (χ4v) is 6.39. The molecule has 0 amide bonds. The summed E-state index contributed by atoms with van der Waals surface area (Å²) in [6, 6.07) is 3.75. The molecule has 3 aromatic rings. The Morgan fingerprint density at radius 2 is 1.83 bits per heavy atom. The number of nitrogens with zero attached hydrogens (tertiary/aromatic N) is 5. The van der Waals surface area contributed by atoms with Crippen molar-refractivity contribution in [2.75, 3.05) is 25.4 Å². The summed E-state index contributed by atoms with van der Waals surface area (Å²) in [4.78, 5) is 4.58. The predicted molar refractivity (Wildman–Crippen MR) is 128 cm³/mol. The molecule has 1 aromatic carbocycles. The first-order valence-electron chi connectivity index (χ1n) is 10.8. The van der Waals surface area contributed by atoms with E-state index in [1.165, 1.54) is 12.5 Å². The van der Waals surface area contributed by atoms with Gasteiger partial charge in [0.1, 0.15) is 4.90 Å². The van der Waals surface area contributed by atoms with E-state index in [4.69, 9.17) is 4.42 Å². The van der Waals surface area contributed by atoms with Crippen LogP contribution in [0, 0.1) is 18.8 Å². The Morgan fingerprint density at radius 3 is 2.46 bits per heavy atom. The Kier molecular flexibility index (Phi) is 6.26. The second kappa shape index (κ2) is 8.35. The van der Waals surface area contributed by atoms with Crippen LogP contribution in [0.1, 0.15) is 23.6 Å². The van der Waals surface area contributed by atoms with Gasteiger partial charge >= 0.3 is 10.2 Å². The van der Waals surface area contributed by atoms with E-state index in [1.54, 1.807) is 11.8 Å². The Labute approximate surface area is 209 Å². The molecule has 2 aliphatic rings. The highest BCUT2D eigenvalue weighted by molar-refractivity contribution is 8.45. The van der Waals surface area contributed by atoms with Crippen LogP contribution in [-0.4, -0.2) is 50.0 Å². The van der Waals surface area contributed by atoms with Crippen LogP contribution in [0.2, 0.25) is 0 Å². The Bertz CT molecular complexity index is 1220. The molecule has 35 heavy (non-hydrogen) atoms. The molecule has 2 fully saturated rings. The monoisotopic (exact) mass is 557 g/mol. The summed E-state index contributed by atoms with van der Waals surface area (Å²) in [5, 5.41) is 9.19. The van der Waals surface area contributed by atoms with Gasteiger partial charge in [-0.25, -0.2) is 4.98 Å². The van der Waals surface area contributed by atoms with Gasteiger partial charge in [-0.15, -0.1) is 22.6 Å². The molecule has 3 heterocycles. The van der Waals surface area contributed by atoms with Gasteiger partial charge in [0.25, 0.3) is 0 Å². The van der Waals surface area contributed by atoms with Crippen molar-refractivity contribution in [2.24, 2.45) is 18.9 Å². The molecule has 1 aliphatic heterocycles. The Morgan fingerprint density at radius 1 is 1.11 bits per heavy atom. The average molecular weight is 558 g/mol. The molecule has 0 N–H and O–H groups in total. The molecule has 0 radical (unpaired) electrons. The first-order valence-corrected chi connectivity index (χ1v) is 13.7. The molecule has 1 aliphatic carbocycles. The van der Waals surface area contributed by atoms with E-state index in [2.05, 4.69) is 20.1 Å². The van der Waals surface area contributed by atoms with Crippen molar-refractivity contribution in [3.05, 3.63) is 41.9 Å². The molecule has 6 nitrogen and oxygen atoms in total. The molecule has 1 saturated carbocycles. The minimum absolute atomic E-state index is 0. The summed E-state index contributed by atoms with van der Waals surface area (Å²) in [6.07, 6.45) is 2.29. The van der Waals surface area contributed by atoms with Crippen LogP contribution in [0.15, 0.2) is 45.1 Å². The summed E-state index contributed by atoms with van der Waals surface area (Å²) in [5.74, 6) is 2.45. The molecular weight excluding hydrogens is 533 g/mol. The Hall–Kier alpha value is -1.83. The van der Waals surface area contributed by atoms with E-state index >= 15 is 0 Å². The maximum absolute atomic E-state index is 13.1. The van der Waals surface area contributed by atoms with Crippen LogP contribution in [0.25, 0.3) is 11.6 Å². The van der Waals surface area contributed by atoms with Crippen LogP contribution >= 0.6 is 34.4 Å². The second-order valence-corrected chi connectivity index (χ2v) is 12.5. The number of fused-ring (bicyclic) bond motifs is 1. The van der Waals surface area contributed by atoms with Crippen molar-refractivity contribution in [2.45, 2.75) is 29.3 Å². The summed E-state index contributed by atoms with van der Waals surface area (Å²) in [7, 11) is -7.78. The van der Waals surface area contributed by atoms with E-state index in [-0.39, 0.29) is 30.2 Å². The third-order valence-electron chi connectivity index (χ3n) is 6.59. The molecule has 2 aromatic heterocycles. The molecule has 14 heteroatoms. The zero-order valence-electron chi connectivity index (χ0n) is 18.9. The number of aromatic nitrogens is 4. The lowest BCUT2D eigenvalue weighted by Crippen LogP contribution is -2.25. The molecule has 5 rings (SSSR count). The van der Waals surface area contributed by atoms with Crippen LogP contribution in [0.5, 0.6) is 0 Å². The van der Waals surface area contributed by atoms with Crippen LogP contribution in [0.3, 0.4) is 0 Å². The number of rotatable bonds is 8. The van der Waals surface area contributed by atoms with E-state index in [1.807, 2.05) is 18.5 Å². The number of oxazole rings is 1. The fourth-order valence-electron chi connectivity index (χ4n) is 4.86. The molecule has 2 unspecified atom stereocenters. The van der Waals surface area contributed by atoms with Gasteiger partial charge in [-0.05, 0) is 55.3 Å². The van der Waals surface area contributed by atoms with Crippen molar-refractivity contribution in [1.82, 2.24) is 24.6 Å². The highest BCUT2D eigenvalue weighted by Gasteiger charge is 2.66. The van der Waals surface area contributed by atoms with Crippen molar-refractivity contribution in [3.8, 4) is 11.6 Å². The lowest BCUT2D eigenvalue weighted by atomic mass is 10.1. The van der Waals surface area contributed by atoms with E-state index < -0.39 is 15.1 Å². The lowest BCUT2D eigenvalue weighted by molar-refractivity contribution is 0.299. The number of benzene rings is 1. The SMILES string of the molecule is Cc1ncoc1-c1nnc(SCCCN2CC3C(c4cccc(S(F)(F)(F)(F)F)c4)[C@H]3C2)n1C.Cl. The quantitative estimate of drug-likeness (QED) is 0.175. The summed E-state index contributed by atoms with van der Waals surface area (Å²) < 4.78 is 73.0. The van der Waals surface area contributed by atoms with Gasteiger partial charge in [0.2, 0.25) is 5.82 Å². The first kappa shape index (κ1) is 26.2. The number of hydrogen-bond donors (Lipinski definition) is 0. The minimum atomic E-state index is -9.65. The van der Waals surface area contributed by atoms with Crippen LogP contribution < -0.4 is 0 Å². The number of thioether (sulfide) groups is 1. The molecular formula is C21H25ClF5N5OS2. The van der Waals surface area contributed by atoms with E-state index in [0.717, 1.165) is 48.7 Å². The van der Waals surface area contributed by atoms with Crippen LogP contribution in [0.4, 0.5) is 19.4 Å². The zero-order valence-corrected chi connectivity index (χ0v) is 21.4. The van der Waals surface area contributed by atoms with Gasteiger partial charge in [-0.1, -0.05) is 43.3 Å². The minimum Gasteiger partial charge on any atom is -0.440 e. The van der Waals surface area contributed by atoms with Gasteiger partial charge in [0.15, 0.2) is 17.3 Å². The van der Waals surface area contributed by atoms with Gasteiger partial charge in [0, 0.05) is 25.9 Å². The highest BCUT2D eigenvalue weighted by atomic mass is 35.5. The van der Waals surface area contributed by atoms with Gasteiger partial charge in [-0.3, -0.25) is 0 Å². The predicted octanol–water partition coefficient (Wildman–Crippen LogP) is 6.69. The standard InChI is InChI=1S/C21H24F5N5OS2.ClH/c1-13-19(32-12-27-13)20-28-29-21(30(20)2)33-8-4-7-31-10-16-17(11-31)18(16)14-5-3-6-15(9-14)34(22,23,24,25)26;/h3,5-6,9,12,16-18H,4,7-8,10-11H2,1-2H3;1H/t16-,17?,18?;/m0./s1. The molecule has 194 valence electrons. The number of hydrogen-bond acceptors (Lipinski definition) is 6. The summed E-state index contributed by atoms with van der Waals surface area (Å²) in [5.41, 5.74) is 1.12. The van der Waals surface area contributed by atoms with Crippen molar-refractivity contribution >= 4 is 34.4 Å². The summed E-state index contributed by atoms with van der Waals surface area (Å²) >= 11 is 1.59. The fraction of sp³-hybridized carbons (Fsp3) is 0.476. The molecule has 1 saturated heterocycles. The topological polar surface area (TPSA) is 60.0 Å². The van der Waals surface area contributed by atoms with E-state index in [9.17, 15) is 19.4 Å². The third kappa shape index (κ3) is 5.32. The molecule has 0 spiro atoms. The first-order chi connectivity index (χ1) is 15.8. The van der Waals surface area contributed by atoms with E-state index in [0.29, 0.717) is 29.3 Å². The largest absolute Gasteiger partial charge is 0.440 e. The van der Waals surface area contributed by atoms with Crippen molar-refractivity contribution in [1.29, 1.82) is 0 Å². The van der Waals surface area contributed by atoms with Gasteiger partial charge in [-0.2, -0.15) is 0 Å².